The van der Waals surface area contributed by atoms with Gasteiger partial charge in [-0.1, -0.05) is 50.6 Å². The first kappa shape index (κ1) is 21.5. The van der Waals surface area contributed by atoms with Crippen molar-refractivity contribution in [2.24, 2.45) is 10.8 Å². The van der Waals surface area contributed by atoms with Crippen molar-refractivity contribution < 1.29 is 12.8 Å². The van der Waals surface area contributed by atoms with Gasteiger partial charge in [0.2, 0.25) is 26.6 Å². The van der Waals surface area contributed by atoms with E-state index in [1.165, 1.54) is 0 Å². The van der Waals surface area contributed by atoms with Crippen LogP contribution >= 0.6 is 11.6 Å². The third-order valence-corrected chi connectivity index (χ3v) is 8.57. The van der Waals surface area contributed by atoms with Gasteiger partial charge < -0.3 is 9.32 Å². The highest BCUT2D eigenvalue weighted by molar-refractivity contribution is 7.91. The largest absolute Gasteiger partial charge is 0.419 e. The second-order valence-corrected chi connectivity index (χ2v) is 12.6. The van der Waals surface area contributed by atoms with Gasteiger partial charge in [-0.2, -0.15) is 4.98 Å². The quantitative estimate of drug-likeness (QED) is 0.452. The normalized spacial score (nSPS) is 24.6. The number of rotatable bonds is 4. The van der Waals surface area contributed by atoms with Gasteiger partial charge in [0.25, 0.3) is 0 Å². The number of hydrogen-bond acceptors (Lipinski definition) is 5. The Bertz CT molecular complexity index is 1250. The minimum Gasteiger partial charge on any atom is -0.419 e. The zero-order chi connectivity index (χ0) is 22.7. The molecule has 0 amide bonds. The standard InChI is InChI=1S/C25H27ClN2O3S/c1-24(2)13-19-14-25(3,15-24)16-28(19)23-22(32(29,30)20-7-5-4-6-8-20)27-21(31-23)17-9-11-18(26)12-10-17/h4-12,19H,13-16H2,1-3H3/t19-,25-/m1/s1. The molecule has 0 unspecified atom stereocenters. The Morgan fingerprint density at radius 3 is 2.41 bits per heavy atom. The minimum atomic E-state index is -3.85. The van der Waals surface area contributed by atoms with Gasteiger partial charge in [-0.25, -0.2) is 8.42 Å². The first-order valence-corrected chi connectivity index (χ1v) is 12.8. The van der Waals surface area contributed by atoms with Gasteiger partial charge in [0.1, 0.15) is 0 Å². The van der Waals surface area contributed by atoms with Gasteiger partial charge in [-0.3, -0.25) is 0 Å². The molecule has 7 heteroatoms. The van der Waals surface area contributed by atoms with E-state index in [1.54, 1.807) is 54.6 Å². The average molecular weight is 471 g/mol. The topological polar surface area (TPSA) is 63.4 Å². The number of halogens is 1. The number of aromatic nitrogens is 1. The zero-order valence-electron chi connectivity index (χ0n) is 18.5. The number of nitrogens with zero attached hydrogens (tertiary/aromatic N) is 2. The van der Waals surface area contributed by atoms with Crippen LogP contribution in [-0.2, 0) is 9.84 Å². The van der Waals surface area contributed by atoms with Crippen LogP contribution in [0, 0.1) is 10.8 Å². The molecule has 1 saturated carbocycles. The Morgan fingerprint density at radius 1 is 1.03 bits per heavy atom. The van der Waals surface area contributed by atoms with Crippen molar-refractivity contribution in [3.05, 3.63) is 59.6 Å². The van der Waals surface area contributed by atoms with E-state index in [0.717, 1.165) is 25.8 Å². The molecule has 2 atom stereocenters. The molecule has 1 aliphatic carbocycles. The Balaban J connectivity index is 1.66. The first-order valence-electron chi connectivity index (χ1n) is 10.9. The average Bonchev–Trinajstić information content (AvgIpc) is 3.27. The van der Waals surface area contributed by atoms with Crippen molar-refractivity contribution in [3.63, 3.8) is 0 Å². The van der Waals surface area contributed by atoms with E-state index in [4.69, 9.17) is 16.0 Å². The molecule has 2 fully saturated rings. The summed E-state index contributed by atoms with van der Waals surface area (Å²) in [6, 6.07) is 15.8. The molecular formula is C25H27ClN2O3S. The molecule has 1 aliphatic heterocycles. The van der Waals surface area contributed by atoms with Crippen molar-refractivity contribution >= 4 is 27.3 Å². The number of benzene rings is 2. The highest BCUT2D eigenvalue weighted by atomic mass is 35.5. The number of oxazole rings is 1. The Morgan fingerprint density at radius 2 is 1.72 bits per heavy atom. The molecule has 2 aliphatic rings. The highest BCUT2D eigenvalue weighted by Crippen LogP contribution is 2.54. The van der Waals surface area contributed by atoms with E-state index in [0.29, 0.717) is 16.5 Å². The first-order chi connectivity index (χ1) is 15.1. The molecule has 5 rings (SSSR count). The van der Waals surface area contributed by atoms with Gasteiger partial charge in [-0.15, -0.1) is 0 Å². The van der Waals surface area contributed by atoms with Gasteiger partial charge in [-0.05, 0) is 66.5 Å². The van der Waals surface area contributed by atoms with Gasteiger partial charge in [0, 0.05) is 23.2 Å². The summed E-state index contributed by atoms with van der Waals surface area (Å²) in [5.74, 6) is 0.641. The third kappa shape index (κ3) is 3.73. The predicted molar refractivity (Wildman–Crippen MR) is 126 cm³/mol. The van der Waals surface area contributed by atoms with Crippen LogP contribution in [0.25, 0.3) is 11.5 Å². The maximum absolute atomic E-state index is 13.6. The summed E-state index contributed by atoms with van der Waals surface area (Å²) >= 11 is 6.04. The lowest BCUT2D eigenvalue weighted by atomic mass is 9.65. The van der Waals surface area contributed by atoms with Gasteiger partial charge in [0.15, 0.2) is 0 Å². The van der Waals surface area contributed by atoms with Crippen LogP contribution in [-0.4, -0.2) is 26.0 Å². The van der Waals surface area contributed by atoms with Crippen molar-refractivity contribution in [2.75, 3.05) is 11.4 Å². The molecule has 0 spiro atoms. The lowest BCUT2D eigenvalue weighted by molar-refractivity contribution is 0.136. The maximum Gasteiger partial charge on any atom is 0.236 e. The van der Waals surface area contributed by atoms with Crippen LogP contribution in [0.1, 0.15) is 40.0 Å². The molecule has 32 heavy (non-hydrogen) atoms. The number of fused-ring (bicyclic) bond motifs is 2. The fourth-order valence-corrected chi connectivity index (χ4v) is 7.24. The SMILES string of the molecule is CC1(C)C[C@@H]2C[C@@](C)(CN2c2oc(-c3ccc(Cl)cc3)nc2S(=O)(=O)c2ccccc2)C1. The predicted octanol–water partition coefficient (Wildman–Crippen LogP) is 6.23. The van der Waals surface area contributed by atoms with Gasteiger partial charge in [0.05, 0.1) is 4.90 Å². The monoisotopic (exact) mass is 470 g/mol. The Labute approximate surface area is 194 Å². The Kier molecular flexibility index (Phi) is 4.95. The molecular weight excluding hydrogens is 444 g/mol. The zero-order valence-corrected chi connectivity index (χ0v) is 20.1. The van der Waals surface area contributed by atoms with Crippen molar-refractivity contribution in [1.29, 1.82) is 0 Å². The summed E-state index contributed by atoms with van der Waals surface area (Å²) in [5, 5.41) is 0.587. The maximum atomic E-state index is 13.6. The fourth-order valence-electron chi connectivity index (χ4n) is 5.78. The lowest BCUT2D eigenvalue weighted by Gasteiger charge is -2.39. The number of hydrogen-bond donors (Lipinski definition) is 0. The van der Waals surface area contributed by atoms with Crippen LogP contribution in [0.2, 0.25) is 5.02 Å². The highest BCUT2D eigenvalue weighted by Gasteiger charge is 2.51. The third-order valence-electron chi connectivity index (χ3n) is 6.65. The minimum absolute atomic E-state index is 0.0115. The summed E-state index contributed by atoms with van der Waals surface area (Å²) in [7, 11) is -3.85. The number of sulfone groups is 1. The molecule has 2 aromatic carbocycles. The fraction of sp³-hybridized carbons (Fsp3) is 0.400. The van der Waals surface area contributed by atoms with Crippen LogP contribution in [0.15, 0.2) is 68.9 Å². The van der Waals surface area contributed by atoms with E-state index in [-0.39, 0.29) is 32.7 Å². The molecule has 3 aromatic rings. The molecule has 1 saturated heterocycles. The van der Waals surface area contributed by atoms with E-state index >= 15 is 0 Å². The van der Waals surface area contributed by atoms with E-state index in [2.05, 4.69) is 30.7 Å². The van der Waals surface area contributed by atoms with Gasteiger partial charge >= 0.3 is 0 Å². The van der Waals surface area contributed by atoms with Crippen molar-refractivity contribution in [1.82, 2.24) is 4.98 Å². The summed E-state index contributed by atoms with van der Waals surface area (Å²) in [6.45, 7) is 7.64. The van der Waals surface area contributed by atoms with E-state index in [9.17, 15) is 8.42 Å². The van der Waals surface area contributed by atoms with Crippen LogP contribution < -0.4 is 4.90 Å². The summed E-state index contributed by atoms with van der Waals surface area (Å²) in [6.07, 6.45) is 3.12. The molecule has 0 radical (unpaired) electrons. The second kappa shape index (κ2) is 7.35. The summed E-state index contributed by atoms with van der Waals surface area (Å²) in [4.78, 5) is 6.90. The van der Waals surface area contributed by atoms with Crippen LogP contribution in [0.5, 0.6) is 0 Å². The van der Waals surface area contributed by atoms with Crippen LogP contribution in [0.3, 0.4) is 0 Å². The van der Waals surface area contributed by atoms with Crippen molar-refractivity contribution in [3.8, 4) is 11.5 Å². The molecule has 0 N–H and O–H groups in total. The summed E-state index contributed by atoms with van der Waals surface area (Å²) in [5.41, 5.74) is 1.01. The molecule has 2 heterocycles. The lowest BCUT2D eigenvalue weighted by Crippen LogP contribution is -2.35. The molecule has 5 nitrogen and oxygen atoms in total. The van der Waals surface area contributed by atoms with Crippen molar-refractivity contribution in [2.45, 2.75) is 56.0 Å². The second-order valence-electron chi connectivity index (χ2n) is 10.3. The van der Waals surface area contributed by atoms with E-state index < -0.39 is 9.84 Å². The number of anilines is 1. The molecule has 1 aromatic heterocycles. The smallest absolute Gasteiger partial charge is 0.236 e. The van der Waals surface area contributed by atoms with E-state index in [1.807, 2.05) is 0 Å². The summed E-state index contributed by atoms with van der Waals surface area (Å²) < 4.78 is 33.5. The molecule has 2 bridgehead atoms. The Hall–Kier alpha value is -2.31. The van der Waals surface area contributed by atoms with Crippen LogP contribution in [0.4, 0.5) is 5.88 Å². The molecule has 168 valence electrons.